The van der Waals surface area contributed by atoms with Crippen molar-refractivity contribution in [3.8, 4) is 22.4 Å². The Balaban J connectivity index is 1.45. The van der Waals surface area contributed by atoms with Gasteiger partial charge in [0.25, 0.3) is 0 Å². The molecule has 0 saturated heterocycles. The van der Waals surface area contributed by atoms with Gasteiger partial charge in [0.15, 0.2) is 0 Å². The fourth-order valence-corrected chi connectivity index (χ4v) is 4.26. The number of amides is 1. The topological polar surface area (TPSA) is 93.3 Å². The van der Waals surface area contributed by atoms with Crippen molar-refractivity contribution in [2.45, 2.75) is 33.3 Å². The highest BCUT2D eigenvalue weighted by molar-refractivity contribution is 6.31. The largest absolute Gasteiger partial charge is 0.466 e. The fourth-order valence-electron chi connectivity index (χ4n) is 3.97. The lowest BCUT2D eigenvalue weighted by Crippen LogP contribution is -2.17. The van der Waals surface area contributed by atoms with Gasteiger partial charge >= 0.3 is 12.1 Å². The number of carbonyl (C=O) groups is 2. The summed E-state index contributed by atoms with van der Waals surface area (Å²) in [7, 11) is 0. The number of ether oxygens (including phenoxy) is 2. The number of aromatic nitrogens is 2. The summed E-state index contributed by atoms with van der Waals surface area (Å²) in [5, 5.41) is 10.7. The van der Waals surface area contributed by atoms with E-state index >= 15 is 0 Å². The van der Waals surface area contributed by atoms with Crippen molar-refractivity contribution in [2.75, 3.05) is 11.9 Å². The van der Waals surface area contributed by atoms with Gasteiger partial charge in [-0.3, -0.25) is 15.2 Å². The van der Waals surface area contributed by atoms with Crippen LogP contribution in [0.1, 0.15) is 36.8 Å². The Morgan fingerprint density at radius 3 is 2.24 bits per heavy atom. The van der Waals surface area contributed by atoms with E-state index in [0.717, 1.165) is 27.8 Å². The molecule has 4 rings (SSSR count). The maximum atomic E-state index is 12.7. The van der Waals surface area contributed by atoms with E-state index in [-0.39, 0.29) is 12.4 Å². The Labute approximate surface area is 220 Å². The number of nitrogens with one attached hydrogen (secondary N) is 2. The molecule has 7 nitrogen and oxygen atoms in total. The molecule has 0 saturated carbocycles. The molecular weight excluding hydrogens is 490 g/mol. The van der Waals surface area contributed by atoms with E-state index in [0.29, 0.717) is 28.7 Å². The number of hydrogen-bond acceptors (Lipinski definition) is 5. The van der Waals surface area contributed by atoms with Gasteiger partial charge in [-0.05, 0) is 43.5 Å². The third-order valence-corrected chi connectivity index (χ3v) is 6.24. The number of aromatic amines is 1. The third-order valence-electron chi connectivity index (χ3n) is 5.90. The number of anilines is 1. The summed E-state index contributed by atoms with van der Waals surface area (Å²) < 4.78 is 10.6. The minimum atomic E-state index is -0.599. The average molecular weight is 518 g/mol. The quantitative estimate of drug-likeness (QED) is 0.243. The number of halogens is 1. The number of rotatable bonds is 8. The van der Waals surface area contributed by atoms with Crippen molar-refractivity contribution < 1.29 is 19.1 Å². The van der Waals surface area contributed by atoms with Crippen molar-refractivity contribution >= 4 is 29.4 Å². The number of aryl methyl sites for hydroxylation is 1. The Morgan fingerprint density at radius 1 is 0.973 bits per heavy atom. The Hall–Kier alpha value is -4.10. The summed E-state index contributed by atoms with van der Waals surface area (Å²) in [6.45, 7) is 5.77. The second kappa shape index (κ2) is 11.8. The number of hydrogen-bond donors (Lipinski definition) is 2. The summed E-state index contributed by atoms with van der Waals surface area (Å²) in [5.74, 6) is -0.236. The van der Waals surface area contributed by atoms with E-state index in [1.807, 2.05) is 73.7 Å². The van der Waals surface area contributed by atoms with Crippen LogP contribution in [0.15, 0.2) is 72.8 Å². The number of H-pyrrole nitrogens is 1. The Kier molecular flexibility index (Phi) is 8.25. The zero-order valence-corrected chi connectivity index (χ0v) is 21.6. The van der Waals surface area contributed by atoms with Crippen LogP contribution in [0.5, 0.6) is 0 Å². The van der Waals surface area contributed by atoms with Crippen LogP contribution in [0.3, 0.4) is 0 Å². The van der Waals surface area contributed by atoms with E-state index in [1.165, 1.54) is 0 Å². The third kappa shape index (κ3) is 6.37. The predicted molar refractivity (Wildman–Crippen MR) is 145 cm³/mol. The molecule has 1 atom stereocenters. The van der Waals surface area contributed by atoms with Crippen molar-refractivity contribution in [1.82, 2.24) is 10.2 Å². The monoisotopic (exact) mass is 517 g/mol. The van der Waals surface area contributed by atoms with Gasteiger partial charge < -0.3 is 9.47 Å². The molecule has 0 fully saturated rings. The second-order valence-corrected chi connectivity index (χ2v) is 8.93. The first-order chi connectivity index (χ1) is 17.9. The molecule has 0 bridgehead atoms. The van der Waals surface area contributed by atoms with Crippen molar-refractivity contribution in [3.05, 3.63) is 94.6 Å². The Bertz CT molecular complexity index is 1380. The minimum absolute atomic E-state index is 0.236. The molecule has 1 aromatic heterocycles. The van der Waals surface area contributed by atoms with Gasteiger partial charge in [-0.2, -0.15) is 5.10 Å². The van der Waals surface area contributed by atoms with E-state index < -0.39 is 12.2 Å². The van der Waals surface area contributed by atoms with E-state index in [2.05, 4.69) is 15.5 Å². The maximum absolute atomic E-state index is 12.7. The first kappa shape index (κ1) is 26.0. The molecule has 8 heteroatoms. The molecule has 4 aromatic rings. The number of carbonyl (C=O) groups excluding carboxylic acids is 2. The SMILES string of the molecule is CCOC(=O)Cc1ccc(-c2ccc(-c3n[nH]c(C)c3NC(=O)O[C@H](C)c3ccccc3Cl)cc2)cc1. The number of benzene rings is 3. The van der Waals surface area contributed by atoms with Gasteiger partial charge in [0, 0.05) is 16.1 Å². The van der Waals surface area contributed by atoms with Crippen LogP contribution in [0.4, 0.5) is 10.5 Å². The molecule has 190 valence electrons. The van der Waals surface area contributed by atoms with Gasteiger partial charge in [0.05, 0.1) is 24.4 Å². The summed E-state index contributed by atoms with van der Waals surface area (Å²) in [4.78, 5) is 24.4. The zero-order chi connectivity index (χ0) is 26.4. The van der Waals surface area contributed by atoms with Gasteiger partial charge in [-0.1, -0.05) is 78.3 Å². The number of esters is 1. The summed E-state index contributed by atoms with van der Waals surface area (Å²) >= 11 is 6.23. The highest BCUT2D eigenvalue weighted by Gasteiger charge is 2.19. The van der Waals surface area contributed by atoms with Crippen molar-refractivity contribution in [2.24, 2.45) is 0 Å². The van der Waals surface area contributed by atoms with E-state index in [1.54, 1.807) is 19.9 Å². The zero-order valence-electron chi connectivity index (χ0n) is 20.9. The van der Waals surface area contributed by atoms with E-state index in [9.17, 15) is 9.59 Å². The first-order valence-electron chi connectivity index (χ1n) is 12.0. The highest BCUT2D eigenvalue weighted by atomic mass is 35.5. The molecule has 0 aliphatic rings. The average Bonchev–Trinajstić information content (AvgIpc) is 3.24. The van der Waals surface area contributed by atoms with Crippen LogP contribution in [0.25, 0.3) is 22.4 Å². The summed E-state index contributed by atoms with van der Waals surface area (Å²) in [5.41, 5.74) is 6.36. The molecular formula is C29H28ClN3O4. The van der Waals surface area contributed by atoms with Crippen LogP contribution in [-0.4, -0.2) is 28.9 Å². The van der Waals surface area contributed by atoms with Gasteiger partial charge in [0.2, 0.25) is 0 Å². The lowest BCUT2D eigenvalue weighted by atomic mass is 10.0. The van der Waals surface area contributed by atoms with Crippen LogP contribution in [0, 0.1) is 6.92 Å². The van der Waals surface area contributed by atoms with Crippen LogP contribution in [-0.2, 0) is 20.7 Å². The molecule has 37 heavy (non-hydrogen) atoms. The first-order valence-corrected chi connectivity index (χ1v) is 12.4. The lowest BCUT2D eigenvalue weighted by molar-refractivity contribution is -0.142. The molecule has 2 N–H and O–H groups in total. The second-order valence-electron chi connectivity index (χ2n) is 8.52. The predicted octanol–water partition coefficient (Wildman–Crippen LogP) is 7.12. The smallest absolute Gasteiger partial charge is 0.412 e. The van der Waals surface area contributed by atoms with Crippen molar-refractivity contribution in [3.63, 3.8) is 0 Å². The standard InChI is InChI=1S/C29H28ClN3O4/c1-4-36-26(34)17-20-9-11-21(12-10-20)22-13-15-23(16-14-22)28-27(18(2)32-33-28)31-29(35)37-19(3)24-7-5-6-8-25(24)30/h5-16,19H,4,17H2,1-3H3,(H,31,35)(H,32,33)/t19-/m1/s1. The van der Waals surface area contributed by atoms with Gasteiger partial charge in [0.1, 0.15) is 11.8 Å². The number of nitrogens with zero attached hydrogens (tertiary/aromatic N) is 1. The lowest BCUT2D eigenvalue weighted by Gasteiger charge is -2.16. The van der Waals surface area contributed by atoms with Gasteiger partial charge in [-0.15, -0.1) is 0 Å². The van der Waals surface area contributed by atoms with Crippen LogP contribution < -0.4 is 5.32 Å². The summed E-state index contributed by atoms with van der Waals surface area (Å²) in [6, 6.07) is 22.9. The molecule has 1 heterocycles. The van der Waals surface area contributed by atoms with Crippen LogP contribution >= 0.6 is 11.6 Å². The molecule has 1 amide bonds. The Morgan fingerprint density at radius 2 is 1.59 bits per heavy atom. The molecule has 0 spiro atoms. The summed E-state index contributed by atoms with van der Waals surface area (Å²) in [6.07, 6.45) is -0.869. The maximum Gasteiger partial charge on any atom is 0.412 e. The minimum Gasteiger partial charge on any atom is -0.466 e. The molecule has 0 radical (unpaired) electrons. The molecule has 0 aliphatic carbocycles. The normalized spacial score (nSPS) is 11.6. The highest BCUT2D eigenvalue weighted by Crippen LogP contribution is 2.31. The fraction of sp³-hybridized carbons (Fsp3) is 0.207. The van der Waals surface area contributed by atoms with Gasteiger partial charge in [-0.25, -0.2) is 4.79 Å². The molecule has 0 aliphatic heterocycles. The van der Waals surface area contributed by atoms with Crippen LogP contribution in [0.2, 0.25) is 5.02 Å². The van der Waals surface area contributed by atoms with Crippen molar-refractivity contribution in [1.29, 1.82) is 0 Å². The molecule has 0 unspecified atom stereocenters. The molecule has 3 aromatic carbocycles. The van der Waals surface area contributed by atoms with E-state index in [4.69, 9.17) is 21.1 Å².